The van der Waals surface area contributed by atoms with Crippen molar-refractivity contribution in [3.63, 3.8) is 0 Å². The smallest absolute Gasteiger partial charge is 0.319 e. The van der Waals surface area contributed by atoms with Crippen LogP contribution in [0.2, 0.25) is 0 Å². The van der Waals surface area contributed by atoms with Gasteiger partial charge in [0, 0.05) is 11.6 Å². The molecule has 0 atom stereocenters. The monoisotopic (exact) mass is 163 g/mol. The first-order valence-electron chi connectivity index (χ1n) is 2.77. The summed E-state index contributed by atoms with van der Waals surface area (Å²) in [4.78, 5) is 10.4. The largest absolute Gasteiger partial charge is 0.468 e. The van der Waals surface area contributed by atoms with Crippen LogP contribution in [-0.4, -0.2) is 26.2 Å². The highest BCUT2D eigenvalue weighted by atomic mass is 35.5. The zero-order valence-electron chi connectivity index (χ0n) is 5.82. The average Bonchev–Trinajstić information content (AvgIpc) is 1.87. The molecule has 3 nitrogen and oxygen atoms in total. The van der Waals surface area contributed by atoms with Crippen molar-refractivity contribution in [1.29, 1.82) is 0 Å². The number of carbonyl (C=O) groups is 1. The number of methoxy groups -OCH3 is 1. The molecule has 4 heteroatoms. The molecule has 0 fully saturated rings. The van der Waals surface area contributed by atoms with Crippen LogP contribution in [0.25, 0.3) is 0 Å². The molecule has 0 aromatic carbocycles. The minimum Gasteiger partial charge on any atom is -0.468 e. The molecule has 0 saturated carbocycles. The van der Waals surface area contributed by atoms with Crippen molar-refractivity contribution in [2.45, 2.75) is 0 Å². The Bertz CT molecular complexity index is 136. The van der Waals surface area contributed by atoms with Crippen LogP contribution in [0.1, 0.15) is 0 Å². The lowest BCUT2D eigenvalue weighted by Gasteiger charge is -1.99. The first-order chi connectivity index (χ1) is 4.66. The maximum atomic E-state index is 10.4. The van der Waals surface area contributed by atoms with Crippen LogP contribution < -0.4 is 5.32 Å². The number of hydrogen-bond donors (Lipinski definition) is 1. The highest BCUT2D eigenvalue weighted by molar-refractivity contribution is 6.29. The van der Waals surface area contributed by atoms with E-state index in [-0.39, 0.29) is 12.5 Å². The summed E-state index contributed by atoms with van der Waals surface area (Å²) in [5.74, 6) is -0.307. The van der Waals surface area contributed by atoms with Gasteiger partial charge in [0.15, 0.2) is 0 Å². The van der Waals surface area contributed by atoms with E-state index in [1.54, 1.807) is 0 Å². The summed E-state index contributed by atoms with van der Waals surface area (Å²) in [6.45, 7) is 4.02. The molecular formula is C6H10ClNO2. The molecule has 0 saturated heterocycles. The van der Waals surface area contributed by atoms with E-state index >= 15 is 0 Å². The Morgan fingerprint density at radius 1 is 1.70 bits per heavy atom. The zero-order chi connectivity index (χ0) is 7.98. The Balaban J connectivity index is 3.20. The molecule has 0 aliphatic carbocycles. The average molecular weight is 164 g/mol. The Morgan fingerprint density at radius 3 is 2.70 bits per heavy atom. The lowest BCUT2D eigenvalue weighted by molar-refractivity contribution is -0.139. The highest BCUT2D eigenvalue weighted by Gasteiger charge is 1.97. The normalized spacial score (nSPS) is 9.00. The van der Waals surface area contributed by atoms with Gasteiger partial charge in [-0.15, -0.1) is 0 Å². The highest BCUT2D eigenvalue weighted by Crippen LogP contribution is 1.91. The van der Waals surface area contributed by atoms with Crippen LogP contribution in [0.4, 0.5) is 0 Å². The molecule has 0 heterocycles. The van der Waals surface area contributed by atoms with Crippen molar-refractivity contribution < 1.29 is 9.53 Å². The number of carbonyl (C=O) groups excluding carboxylic acids is 1. The molecule has 1 N–H and O–H groups in total. The van der Waals surface area contributed by atoms with Crippen LogP contribution in [-0.2, 0) is 9.53 Å². The zero-order valence-corrected chi connectivity index (χ0v) is 6.57. The lowest BCUT2D eigenvalue weighted by Crippen LogP contribution is -2.24. The second-order valence-corrected chi connectivity index (χ2v) is 2.23. The third-order valence-corrected chi connectivity index (χ3v) is 0.947. The minimum absolute atomic E-state index is 0.169. The number of rotatable bonds is 4. The predicted molar refractivity (Wildman–Crippen MR) is 39.9 cm³/mol. The second-order valence-electron chi connectivity index (χ2n) is 1.70. The van der Waals surface area contributed by atoms with E-state index < -0.39 is 0 Å². The van der Waals surface area contributed by atoms with Crippen molar-refractivity contribution in [1.82, 2.24) is 5.32 Å². The molecule has 0 rings (SSSR count). The molecule has 0 amide bonds. The van der Waals surface area contributed by atoms with Crippen molar-refractivity contribution in [2.24, 2.45) is 0 Å². The minimum atomic E-state index is -0.307. The van der Waals surface area contributed by atoms with Gasteiger partial charge in [0.05, 0.1) is 13.7 Å². The fourth-order valence-electron chi connectivity index (χ4n) is 0.372. The topological polar surface area (TPSA) is 38.3 Å². The van der Waals surface area contributed by atoms with Crippen LogP contribution in [0, 0.1) is 0 Å². The van der Waals surface area contributed by atoms with Gasteiger partial charge >= 0.3 is 5.97 Å². The van der Waals surface area contributed by atoms with Crippen molar-refractivity contribution >= 4 is 17.6 Å². The predicted octanol–water partition coefficient (Wildman–Crippen LogP) is 0.501. The molecule has 0 bridgehead atoms. The van der Waals surface area contributed by atoms with E-state index in [1.165, 1.54) is 7.11 Å². The van der Waals surface area contributed by atoms with Crippen molar-refractivity contribution in [2.75, 3.05) is 20.2 Å². The molecule has 0 spiro atoms. The Hall–Kier alpha value is -0.540. The SMILES string of the molecule is C=C(Cl)CNCC(=O)OC. The quantitative estimate of drug-likeness (QED) is 0.614. The molecule has 0 aromatic rings. The number of esters is 1. The van der Waals surface area contributed by atoms with Gasteiger partial charge in [-0.05, 0) is 0 Å². The molecule has 0 aliphatic rings. The molecule has 0 radical (unpaired) electrons. The van der Waals surface area contributed by atoms with Gasteiger partial charge in [-0.3, -0.25) is 4.79 Å². The summed E-state index contributed by atoms with van der Waals surface area (Å²) in [5, 5.41) is 3.21. The van der Waals surface area contributed by atoms with Crippen molar-refractivity contribution in [3.05, 3.63) is 11.6 Å². The summed E-state index contributed by atoms with van der Waals surface area (Å²) < 4.78 is 4.36. The van der Waals surface area contributed by atoms with E-state index in [1.807, 2.05) is 0 Å². The molecule has 10 heavy (non-hydrogen) atoms. The van der Waals surface area contributed by atoms with Crippen LogP contribution >= 0.6 is 11.6 Å². The number of hydrogen-bond acceptors (Lipinski definition) is 3. The molecule has 0 aromatic heterocycles. The van der Waals surface area contributed by atoms with Gasteiger partial charge in [0.1, 0.15) is 0 Å². The number of ether oxygens (including phenoxy) is 1. The summed E-state index contributed by atoms with van der Waals surface area (Å²) in [6.07, 6.45) is 0. The third kappa shape index (κ3) is 5.59. The number of nitrogens with one attached hydrogen (secondary N) is 1. The Kier molecular flexibility index (Phi) is 4.98. The first kappa shape index (κ1) is 9.46. The van der Waals surface area contributed by atoms with Gasteiger partial charge in [0.25, 0.3) is 0 Å². The maximum absolute atomic E-state index is 10.4. The summed E-state index contributed by atoms with van der Waals surface area (Å²) in [5.41, 5.74) is 0. The maximum Gasteiger partial charge on any atom is 0.319 e. The molecular weight excluding hydrogens is 154 g/mol. The Morgan fingerprint density at radius 2 is 2.30 bits per heavy atom. The molecule has 0 unspecified atom stereocenters. The van der Waals surface area contributed by atoms with Gasteiger partial charge in [0.2, 0.25) is 0 Å². The molecule has 58 valence electrons. The van der Waals surface area contributed by atoms with Crippen LogP contribution in [0.3, 0.4) is 0 Å². The fraction of sp³-hybridized carbons (Fsp3) is 0.500. The fourth-order valence-corrected chi connectivity index (χ4v) is 0.467. The lowest BCUT2D eigenvalue weighted by atomic mass is 10.5. The summed E-state index contributed by atoms with van der Waals surface area (Å²) in [7, 11) is 1.33. The van der Waals surface area contributed by atoms with E-state index in [4.69, 9.17) is 11.6 Å². The summed E-state index contributed by atoms with van der Waals surface area (Å²) >= 11 is 5.40. The van der Waals surface area contributed by atoms with Crippen LogP contribution in [0.5, 0.6) is 0 Å². The van der Waals surface area contributed by atoms with Gasteiger partial charge in [-0.1, -0.05) is 18.2 Å². The summed E-state index contributed by atoms with van der Waals surface area (Å²) in [6, 6.07) is 0. The second kappa shape index (κ2) is 5.26. The van der Waals surface area contributed by atoms with Gasteiger partial charge in [-0.25, -0.2) is 0 Å². The van der Waals surface area contributed by atoms with Crippen LogP contribution in [0.15, 0.2) is 11.6 Å². The van der Waals surface area contributed by atoms with E-state index in [2.05, 4.69) is 16.6 Å². The van der Waals surface area contributed by atoms with E-state index in [0.717, 1.165) is 0 Å². The standard InChI is InChI=1S/C6H10ClNO2/c1-5(7)3-8-4-6(9)10-2/h8H,1,3-4H2,2H3. The van der Waals surface area contributed by atoms with Crippen molar-refractivity contribution in [3.8, 4) is 0 Å². The molecule has 0 aliphatic heterocycles. The van der Waals surface area contributed by atoms with E-state index in [9.17, 15) is 4.79 Å². The third-order valence-electron chi connectivity index (χ3n) is 0.814. The van der Waals surface area contributed by atoms with Gasteiger partial charge < -0.3 is 10.1 Å². The first-order valence-corrected chi connectivity index (χ1v) is 3.15. The number of halogens is 1. The van der Waals surface area contributed by atoms with Gasteiger partial charge in [-0.2, -0.15) is 0 Å². The van der Waals surface area contributed by atoms with E-state index in [0.29, 0.717) is 11.6 Å². The Labute approximate surface area is 65.0 Å².